The van der Waals surface area contributed by atoms with Gasteiger partial charge in [-0.3, -0.25) is 0 Å². The van der Waals surface area contributed by atoms with E-state index in [2.05, 4.69) is 56.4 Å². The van der Waals surface area contributed by atoms with Crippen LogP contribution in [0.2, 0.25) is 0 Å². The number of thiophene rings is 1. The largest absolute Gasteiger partial charge is 0.312 e. The van der Waals surface area contributed by atoms with Crippen molar-refractivity contribution in [1.82, 2.24) is 5.32 Å². The van der Waals surface area contributed by atoms with Gasteiger partial charge in [0.05, 0.1) is 0 Å². The molecule has 0 spiro atoms. The average Bonchev–Trinajstić information content (AvgIpc) is 2.68. The summed E-state index contributed by atoms with van der Waals surface area (Å²) in [5.41, 5.74) is 4.12. The van der Waals surface area contributed by atoms with Gasteiger partial charge in [0.15, 0.2) is 0 Å². The molecular formula is C16H21NS. The molecule has 1 atom stereocenters. The minimum absolute atomic E-state index is 0.423. The zero-order chi connectivity index (χ0) is 13.1. The Morgan fingerprint density at radius 2 is 1.78 bits per heavy atom. The van der Waals surface area contributed by atoms with Crippen molar-refractivity contribution in [2.75, 3.05) is 7.05 Å². The maximum Gasteiger partial charge on any atom is 0.0456 e. The van der Waals surface area contributed by atoms with Crippen LogP contribution in [0.5, 0.6) is 0 Å². The third kappa shape index (κ3) is 3.01. The summed E-state index contributed by atoms with van der Waals surface area (Å²) in [5.74, 6) is 0. The summed E-state index contributed by atoms with van der Waals surface area (Å²) >= 11 is 1.91. The maximum absolute atomic E-state index is 3.45. The van der Waals surface area contributed by atoms with Crippen LogP contribution in [-0.2, 0) is 6.42 Å². The first-order valence-electron chi connectivity index (χ1n) is 6.40. The van der Waals surface area contributed by atoms with E-state index in [4.69, 9.17) is 0 Å². The molecule has 0 aliphatic carbocycles. The lowest BCUT2D eigenvalue weighted by atomic mass is 10.0. The zero-order valence-electron chi connectivity index (χ0n) is 11.6. The van der Waals surface area contributed by atoms with Gasteiger partial charge in [-0.15, -0.1) is 11.3 Å². The Kier molecular flexibility index (Phi) is 4.20. The van der Waals surface area contributed by atoms with Crippen molar-refractivity contribution in [3.05, 3.63) is 56.8 Å². The normalized spacial score (nSPS) is 12.7. The summed E-state index contributed by atoms with van der Waals surface area (Å²) in [5, 5.41) is 3.45. The molecule has 18 heavy (non-hydrogen) atoms. The predicted molar refractivity (Wildman–Crippen MR) is 80.5 cm³/mol. The van der Waals surface area contributed by atoms with Crippen molar-refractivity contribution >= 4 is 11.3 Å². The smallest absolute Gasteiger partial charge is 0.0456 e. The number of hydrogen-bond donors (Lipinski definition) is 1. The fraction of sp³-hybridized carbons (Fsp3) is 0.375. The second-order valence-corrected chi connectivity index (χ2v) is 6.22. The Hall–Kier alpha value is -1.12. The highest BCUT2D eigenvalue weighted by molar-refractivity contribution is 7.12. The van der Waals surface area contributed by atoms with Crippen LogP contribution in [0.15, 0.2) is 30.3 Å². The Morgan fingerprint density at radius 1 is 1.11 bits per heavy atom. The Balaban J connectivity index is 2.19. The molecule has 0 aliphatic heterocycles. The first kappa shape index (κ1) is 13.3. The van der Waals surface area contributed by atoms with Gasteiger partial charge in [-0.25, -0.2) is 0 Å². The Labute approximate surface area is 114 Å². The second-order valence-electron chi connectivity index (χ2n) is 4.94. The lowest BCUT2D eigenvalue weighted by Crippen LogP contribution is -2.18. The van der Waals surface area contributed by atoms with Crippen molar-refractivity contribution in [2.24, 2.45) is 0 Å². The fourth-order valence-electron chi connectivity index (χ4n) is 2.29. The van der Waals surface area contributed by atoms with E-state index in [1.165, 1.54) is 26.4 Å². The molecule has 1 aromatic heterocycles. The molecule has 0 aliphatic rings. The molecule has 0 bridgehead atoms. The van der Waals surface area contributed by atoms with Gasteiger partial charge >= 0.3 is 0 Å². The Bertz CT molecular complexity index is 510. The minimum atomic E-state index is 0.423. The number of hydrogen-bond acceptors (Lipinski definition) is 2. The average molecular weight is 259 g/mol. The first-order valence-corrected chi connectivity index (χ1v) is 7.21. The topological polar surface area (TPSA) is 12.0 Å². The molecule has 96 valence electrons. The van der Waals surface area contributed by atoms with Gasteiger partial charge < -0.3 is 5.32 Å². The lowest BCUT2D eigenvalue weighted by molar-refractivity contribution is 0.599. The van der Waals surface area contributed by atoms with E-state index in [0.717, 1.165) is 6.42 Å². The molecule has 0 amide bonds. The lowest BCUT2D eigenvalue weighted by Gasteiger charge is -2.16. The number of likely N-dealkylation sites (N-methyl/N-ethyl adjacent to an activating group) is 1. The van der Waals surface area contributed by atoms with Crippen LogP contribution in [0.1, 0.15) is 32.5 Å². The van der Waals surface area contributed by atoms with Gasteiger partial charge in [-0.1, -0.05) is 29.8 Å². The molecule has 0 radical (unpaired) electrons. The van der Waals surface area contributed by atoms with Crippen LogP contribution in [0.25, 0.3) is 0 Å². The second kappa shape index (κ2) is 5.68. The molecule has 1 nitrogen and oxygen atoms in total. The van der Waals surface area contributed by atoms with Crippen molar-refractivity contribution < 1.29 is 0 Å². The minimum Gasteiger partial charge on any atom is -0.312 e. The van der Waals surface area contributed by atoms with Crippen LogP contribution in [0.4, 0.5) is 0 Å². The summed E-state index contributed by atoms with van der Waals surface area (Å²) < 4.78 is 0. The molecule has 2 rings (SSSR count). The van der Waals surface area contributed by atoms with Crippen LogP contribution in [0.3, 0.4) is 0 Å². The summed E-state index contributed by atoms with van der Waals surface area (Å²) in [7, 11) is 2.05. The molecule has 0 saturated carbocycles. The quantitative estimate of drug-likeness (QED) is 0.868. The van der Waals surface area contributed by atoms with E-state index in [1.807, 2.05) is 18.4 Å². The standard InChI is InChI=1S/C16H21NS/c1-11-5-7-14(8-6-11)10-15(17-4)16-12(2)9-13(3)18-16/h5-9,15,17H,10H2,1-4H3. The van der Waals surface area contributed by atoms with E-state index in [-0.39, 0.29) is 0 Å². The number of aryl methyl sites for hydroxylation is 3. The highest BCUT2D eigenvalue weighted by Gasteiger charge is 2.15. The van der Waals surface area contributed by atoms with Gasteiger partial charge in [0, 0.05) is 15.8 Å². The molecular weight excluding hydrogens is 238 g/mol. The first-order chi connectivity index (χ1) is 8.60. The van der Waals surface area contributed by atoms with Gasteiger partial charge in [0.1, 0.15) is 0 Å². The van der Waals surface area contributed by atoms with Crippen LogP contribution in [-0.4, -0.2) is 7.05 Å². The molecule has 1 unspecified atom stereocenters. The van der Waals surface area contributed by atoms with Gasteiger partial charge in [0.2, 0.25) is 0 Å². The van der Waals surface area contributed by atoms with Gasteiger partial charge in [0.25, 0.3) is 0 Å². The van der Waals surface area contributed by atoms with E-state index in [9.17, 15) is 0 Å². The highest BCUT2D eigenvalue weighted by Crippen LogP contribution is 2.29. The SMILES string of the molecule is CNC(Cc1ccc(C)cc1)c1sc(C)cc1C. The van der Waals surface area contributed by atoms with E-state index < -0.39 is 0 Å². The van der Waals surface area contributed by atoms with Crippen molar-refractivity contribution in [3.8, 4) is 0 Å². The van der Waals surface area contributed by atoms with Crippen LogP contribution >= 0.6 is 11.3 Å². The fourth-order valence-corrected chi connectivity index (χ4v) is 3.44. The van der Waals surface area contributed by atoms with Crippen molar-refractivity contribution in [3.63, 3.8) is 0 Å². The summed E-state index contributed by atoms with van der Waals surface area (Å²) in [6.45, 7) is 6.52. The van der Waals surface area contributed by atoms with Gasteiger partial charge in [-0.2, -0.15) is 0 Å². The molecule has 0 fully saturated rings. The summed E-state index contributed by atoms with van der Waals surface area (Å²) in [6, 6.07) is 11.5. The molecule has 0 saturated heterocycles. The van der Waals surface area contributed by atoms with E-state index in [1.54, 1.807) is 0 Å². The third-order valence-corrected chi connectivity index (χ3v) is 4.57. The number of rotatable bonds is 4. The molecule has 1 heterocycles. The van der Waals surface area contributed by atoms with E-state index in [0.29, 0.717) is 6.04 Å². The van der Waals surface area contributed by atoms with Crippen molar-refractivity contribution in [1.29, 1.82) is 0 Å². The molecule has 1 aromatic carbocycles. The molecule has 1 N–H and O–H groups in total. The zero-order valence-corrected chi connectivity index (χ0v) is 12.4. The molecule has 2 heteroatoms. The van der Waals surface area contributed by atoms with Crippen LogP contribution in [0, 0.1) is 20.8 Å². The van der Waals surface area contributed by atoms with Crippen LogP contribution < -0.4 is 5.32 Å². The third-order valence-electron chi connectivity index (χ3n) is 3.30. The highest BCUT2D eigenvalue weighted by atomic mass is 32.1. The maximum atomic E-state index is 3.45. The number of nitrogens with one attached hydrogen (secondary N) is 1. The Morgan fingerprint density at radius 3 is 2.28 bits per heavy atom. The number of benzene rings is 1. The predicted octanol–water partition coefficient (Wildman–Crippen LogP) is 4.18. The van der Waals surface area contributed by atoms with Crippen molar-refractivity contribution in [2.45, 2.75) is 33.2 Å². The summed E-state index contributed by atoms with van der Waals surface area (Å²) in [4.78, 5) is 2.86. The molecule has 2 aromatic rings. The van der Waals surface area contributed by atoms with Gasteiger partial charge in [-0.05, 0) is 51.4 Å². The summed E-state index contributed by atoms with van der Waals surface area (Å²) in [6.07, 6.45) is 1.05. The van der Waals surface area contributed by atoms with E-state index >= 15 is 0 Å². The monoisotopic (exact) mass is 259 g/mol.